The van der Waals surface area contributed by atoms with Crippen molar-refractivity contribution >= 4 is 17.9 Å². The highest BCUT2D eigenvalue weighted by molar-refractivity contribution is 5.71. The smallest absolute Gasteiger partial charge is 0.306 e. The summed E-state index contributed by atoms with van der Waals surface area (Å²) in [6, 6.07) is 0. The first-order valence-electron chi connectivity index (χ1n) is 29.3. The molecule has 0 radical (unpaired) electrons. The van der Waals surface area contributed by atoms with Crippen molar-refractivity contribution in [3.63, 3.8) is 0 Å². The van der Waals surface area contributed by atoms with Gasteiger partial charge in [-0.05, 0) is 148 Å². The number of hydrogen-bond acceptors (Lipinski definition) is 6. The fourth-order valence-electron chi connectivity index (χ4n) is 7.06. The van der Waals surface area contributed by atoms with Gasteiger partial charge in [0.1, 0.15) is 13.2 Å². The maximum Gasteiger partial charge on any atom is 0.306 e. The number of hydrogen-bond donors (Lipinski definition) is 0. The molecule has 0 aliphatic heterocycles. The lowest BCUT2D eigenvalue weighted by Crippen LogP contribution is -2.30. The van der Waals surface area contributed by atoms with E-state index in [0.29, 0.717) is 19.3 Å². The van der Waals surface area contributed by atoms with Gasteiger partial charge in [-0.2, -0.15) is 0 Å². The summed E-state index contributed by atoms with van der Waals surface area (Å²) >= 11 is 0. The van der Waals surface area contributed by atoms with E-state index >= 15 is 0 Å². The minimum Gasteiger partial charge on any atom is -0.462 e. The highest BCUT2D eigenvalue weighted by Crippen LogP contribution is 2.11. The van der Waals surface area contributed by atoms with Crippen LogP contribution in [0.2, 0.25) is 0 Å². The molecule has 0 N–H and O–H groups in total. The van der Waals surface area contributed by atoms with Crippen LogP contribution >= 0.6 is 0 Å². The molecule has 0 fully saturated rings. The molecule has 0 rings (SSSR count). The Kier molecular flexibility index (Phi) is 56.6. The minimum atomic E-state index is -0.842. The van der Waals surface area contributed by atoms with Gasteiger partial charge in [0.2, 0.25) is 0 Å². The zero-order valence-corrected chi connectivity index (χ0v) is 47.5. The molecule has 0 aromatic rings. The Bertz CT molecular complexity index is 1800. The second-order valence-corrected chi connectivity index (χ2v) is 18.4. The lowest BCUT2D eigenvalue weighted by molar-refractivity contribution is -0.167. The van der Waals surface area contributed by atoms with Crippen molar-refractivity contribution in [2.75, 3.05) is 13.2 Å². The Hall–Kier alpha value is -5.49. The van der Waals surface area contributed by atoms with Crippen LogP contribution in [0.25, 0.3) is 0 Å². The topological polar surface area (TPSA) is 78.9 Å². The molecule has 1 unspecified atom stereocenters. The molecule has 0 saturated carbocycles. The van der Waals surface area contributed by atoms with Gasteiger partial charge in [-0.1, -0.05) is 229 Å². The highest BCUT2D eigenvalue weighted by atomic mass is 16.6. The van der Waals surface area contributed by atoms with E-state index in [-0.39, 0.29) is 44.0 Å². The molecular formula is C69H104O6. The monoisotopic (exact) mass is 1030 g/mol. The van der Waals surface area contributed by atoms with Crippen molar-refractivity contribution in [2.45, 2.75) is 219 Å². The first kappa shape index (κ1) is 69.5. The van der Waals surface area contributed by atoms with E-state index in [1.807, 2.05) is 0 Å². The van der Waals surface area contributed by atoms with Gasteiger partial charge < -0.3 is 14.2 Å². The molecule has 0 amide bonds. The summed E-state index contributed by atoms with van der Waals surface area (Å²) in [7, 11) is 0. The van der Waals surface area contributed by atoms with E-state index in [4.69, 9.17) is 14.2 Å². The van der Waals surface area contributed by atoms with Gasteiger partial charge in [-0.25, -0.2) is 0 Å². The third kappa shape index (κ3) is 59.3. The fourth-order valence-corrected chi connectivity index (χ4v) is 7.06. The van der Waals surface area contributed by atoms with Crippen LogP contribution in [-0.4, -0.2) is 37.2 Å². The van der Waals surface area contributed by atoms with Gasteiger partial charge in [0.25, 0.3) is 0 Å². The maximum atomic E-state index is 12.9. The maximum absolute atomic E-state index is 12.9. The summed E-state index contributed by atoms with van der Waals surface area (Å²) in [5.74, 6) is -1.06. The number of esters is 3. The first-order valence-corrected chi connectivity index (χ1v) is 29.3. The summed E-state index contributed by atoms with van der Waals surface area (Å²) in [6.07, 6.45) is 91.7. The molecule has 6 nitrogen and oxygen atoms in total. The third-order valence-electron chi connectivity index (χ3n) is 11.4. The fraction of sp³-hybridized carbons (Fsp3) is 0.522. The van der Waals surface area contributed by atoms with Gasteiger partial charge in [0, 0.05) is 19.3 Å². The number of unbranched alkanes of at least 4 members (excludes halogenated alkanes) is 9. The van der Waals surface area contributed by atoms with Crippen molar-refractivity contribution in [1.82, 2.24) is 0 Å². The van der Waals surface area contributed by atoms with E-state index in [0.717, 1.165) is 154 Å². The van der Waals surface area contributed by atoms with Crippen LogP contribution in [0.5, 0.6) is 0 Å². The van der Waals surface area contributed by atoms with Crippen molar-refractivity contribution in [3.05, 3.63) is 182 Å². The van der Waals surface area contributed by atoms with Gasteiger partial charge in [-0.3, -0.25) is 14.4 Å². The number of allylic oxidation sites excluding steroid dienone is 30. The average molecular weight is 1030 g/mol. The van der Waals surface area contributed by atoms with E-state index in [9.17, 15) is 14.4 Å². The summed E-state index contributed by atoms with van der Waals surface area (Å²) < 4.78 is 16.8. The quantitative estimate of drug-likeness (QED) is 0.0261. The molecule has 0 bridgehead atoms. The van der Waals surface area contributed by atoms with Crippen molar-refractivity contribution in [2.24, 2.45) is 0 Å². The zero-order valence-electron chi connectivity index (χ0n) is 47.5. The van der Waals surface area contributed by atoms with E-state index in [2.05, 4.69) is 203 Å². The highest BCUT2D eigenvalue weighted by Gasteiger charge is 2.19. The summed E-state index contributed by atoms with van der Waals surface area (Å²) in [4.78, 5) is 38.2. The van der Waals surface area contributed by atoms with Crippen LogP contribution in [-0.2, 0) is 28.6 Å². The Labute approximate surface area is 459 Å². The standard InChI is InChI=1S/C69H104O6/c1-4-7-10-13-16-19-22-25-27-29-31-33-34-36-37-39-41-44-47-50-53-56-59-62-68(71)74-65-66(64-73-67(70)61-58-55-52-49-46-43-24-21-18-15-12-9-6-3)75-69(72)63-60-57-54-51-48-45-42-40-38-35-32-30-28-26-23-20-17-14-11-8-5-2/h7-8,10-12,15-17,19-21,24-28,31-33,35-37,40-42,44,48,50-51,53,66H,4-6,9,13-14,18,22-23,29-30,34,38-39,43,45-47,49,52,54-65H2,1-3H3/b10-7-,11-8-,15-12-,19-16-,20-17-,24-21-,27-25-,28-26-,33-31-,35-32-,37-36-,42-40-,44-41-,51-48-,53-50-. The summed E-state index contributed by atoms with van der Waals surface area (Å²) in [5.41, 5.74) is 0. The number of carbonyl (C=O) groups is 3. The van der Waals surface area contributed by atoms with E-state index in [1.165, 1.54) is 6.42 Å². The molecule has 75 heavy (non-hydrogen) atoms. The van der Waals surface area contributed by atoms with Gasteiger partial charge >= 0.3 is 17.9 Å². The first-order chi connectivity index (χ1) is 37.0. The largest absolute Gasteiger partial charge is 0.462 e. The summed E-state index contributed by atoms with van der Waals surface area (Å²) in [5, 5.41) is 0. The Balaban J connectivity index is 4.60. The van der Waals surface area contributed by atoms with Crippen molar-refractivity contribution in [3.8, 4) is 0 Å². The van der Waals surface area contributed by atoms with Gasteiger partial charge in [0.05, 0.1) is 0 Å². The molecule has 0 spiro atoms. The van der Waals surface area contributed by atoms with Crippen LogP contribution in [0.3, 0.4) is 0 Å². The predicted octanol–water partition coefficient (Wildman–Crippen LogP) is 20.1. The predicted molar refractivity (Wildman–Crippen MR) is 324 cm³/mol. The molecule has 0 aliphatic rings. The molecule has 0 aromatic carbocycles. The van der Waals surface area contributed by atoms with E-state index < -0.39 is 6.10 Å². The van der Waals surface area contributed by atoms with Gasteiger partial charge in [-0.15, -0.1) is 0 Å². The van der Waals surface area contributed by atoms with Gasteiger partial charge in [0.15, 0.2) is 6.10 Å². The lowest BCUT2D eigenvalue weighted by atomic mass is 10.1. The lowest BCUT2D eigenvalue weighted by Gasteiger charge is -2.18. The van der Waals surface area contributed by atoms with Crippen LogP contribution < -0.4 is 0 Å². The molecule has 0 heterocycles. The average Bonchev–Trinajstić information content (AvgIpc) is 3.41. The van der Waals surface area contributed by atoms with Crippen molar-refractivity contribution in [1.29, 1.82) is 0 Å². The van der Waals surface area contributed by atoms with Crippen LogP contribution in [0, 0.1) is 0 Å². The number of carbonyl (C=O) groups excluding carboxylic acids is 3. The van der Waals surface area contributed by atoms with Crippen LogP contribution in [0.1, 0.15) is 213 Å². The van der Waals surface area contributed by atoms with Crippen LogP contribution in [0.15, 0.2) is 182 Å². The Morgan fingerprint density at radius 2 is 0.533 bits per heavy atom. The molecule has 1 atom stereocenters. The molecular weight excluding hydrogens is 925 g/mol. The Morgan fingerprint density at radius 1 is 0.280 bits per heavy atom. The summed E-state index contributed by atoms with van der Waals surface area (Å²) in [6.45, 7) is 6.22. The molecule has 0 aliphatic carbocycles. The van der Waals surface area contributed by atoms with Crippen LogP contribution in [0.4, 0.5) is 0 Å². The second-order valence-electron chi connectivity index (χ2n) is 18.4. The molecule has 0 aromatic heterocycles. The Morgan fingerprint density at radius 3 is 0.893 bits per heavy atom. The third-order valence-corrected chi connectivity index (χ3v) is 11.4. The molecule has 6 heteroatoms. The SMILES string of the molecule is CC/C=C\C/C=C\C/C=C\C/C=C\C/C=C\C/C=C\C/C=C\CCCC(=O)OCC(COC(=O)CCCCCCC/C=C\C/C=C\CCC)OC(=O)CCCC/C=C\C/C=C\C/C=C\C/C=C\C/C=C\C/C=C\CC. The van der Waals surface area contributed by atoms with E-state index in [1.54, 1.807) is 0 Å². The second kappa shape index (κ2) is 61.1. The molecule has 416 valence electrons. The number of ether oxygens (including phenoxy) is 3. The molecule has 0 saturated heterocycles. The minimum absolute atomic E-state index is 0.131. The zero-order chi connectivity index (χ0) is 54.3. The van der Waals surface area contributed by atoms with Crippen molar-refractivity contribution < 1.29 is 28.6 Å². The number of rotatable bonds is 50. The normalized spacial score (nSPS) is 13.5.